The Morgan fingerprint density at radius 3 is 2.07 bits per heavy atom. The van der Waals surface area contributed by atoms with Gasteiger partial charge in [-0.05, 0) is 37.3 Å². The summed E-state index contributed by atoms with van der Waals surface area (Å²) >= 11 is 0. The van der Waals surface area contributed by atoms with Crippen LogP contribution in [0.5, 0.6) is 11.5 Å². The third kappa shape index (κ3) is 4.49. The van der Waals surface area contributed by atoms with Crippen molar-refractivity contribution in [3.63, 3.8) is 0 Å². The molecule has 0 fully saturated rings. The molecule has 0 aliphatic heterocycles. The van der Waals surface area contributed by atoms with Gasteiger partial charge in [0.1, 0.15) is 17.1 Å². The smallest absolute Gasteiger partial charge is 0.342 e. The van der Waals surface area contributed by atoms with Crippen molar-refractivity contribution in [1.82, 2.24) is 0 Å². The first-order chi connectivity index (χ1) is 14.3. The number of aromatic hydroxyl groups is 2. The van der Waals surface area contributed by atoms with Gasteiger partial charge in [0, 0.05) is 29.1 Å². The van der Waals surface area contributed by atoms with Gasteiger partial charge in [-0.1, -0.05) is 24.3 Å². The standard InChI is InChI=1S/C22H20N2O6/c1-12(21(28)24-15-9-7-14(8-10-15)23-13(2)25)30-22(29)18-11-19(26)16-5-3-4-6-17(16)20(18)27/h3-12,26-27H,1-2H3,(H,23,25)(H,24,28)/t12-/m0/s1. The summed E-state index contributed by atoms with van der Waals surface area (Å²) < 4.78 is 5.15. The molecule has 0 spiro atoms. The van der Waals surface area contributed by atoms with Crippen LogP contribution in [0.3, 0.4) is 0 Å². The lowest BCUT2D eigenvalue weighted by Crippen LogP contribution is -2.30. The molecule has 3 aromatic carbocycles. The molecule has 0 heterocycles. The lowest BCUT2D eigenvalue weighted by atomic mass is 10.0. The van der Waals surface area contributed by atoms with E-state index in [0.717, 1.165) is 6.07 Å². The molecule has 0 aromatic heterocycles. The highest BCUT2D eigenvalue weighted by atomic mass is 16.5. The van der Waals surface area contributed by atoms with E-state index in [4.69, 9.17) is 4.74 Å². The summed E-state index contributed by atoms with van der Waals surface area (Å²) in [6.45, 7) is 2.77. The van der Waals surface area contributed by atoms with E-state index in [1.165, 1.54) is 13.8 Å². The highest BCUT2D eigenvalue weighted by Crippen LogP contribution is 2.35. The van der Waals surface area contributed by atoms with Crippen LogP contribution in [0.2, 0.25) is 0 Å². The Hall–Kier alpha value is -4.07. The second kappa shape index (κ2) is 8.52. The number of esters is 1. The van der Waals surface area contributed by atoms with Crippen molar-refractivity contribution in [2.75, 3.05) is 10.6 Å². The highest BCUT2D eigenvalue weighted by Gasteiger charge is 2.23. The normalized spacial score (nSPS) is 11.5. The number of anilines is 2. The van der Waals surface area contributed by atoms with Crippen LogP contribution in [-0.4, -0.2) is 34.1 Å². The predicted molar refractivity (Wildman–Crippen MR) is 112 cm³/mol. The number of hydrogen-bond acceptors (Lipinski definition) is 6. The molecule has 2 amide bonds. The fourth-order valence-electron chi connectivity index (χ4n) is 2.86. The maximum absolute atomic E-state index is 12.5. The lowest BCUT2D eigenvalue weighted by molar-refractivity contribution is -0.123. The molecule has 0 radical (unpaired) electrons. The SMILES string of the molecule is CC(=O)Nc1ccc(NC(=O)[C@H](C)OC(=O)c2cc(O)c3ccccc3c2O)cc1. The van der Waals surface area contributed by atoms with E-state index in [0.29, 0.717) is 22.1 Å². The predicted octanol–water partition coefficient (Wildman–Crippen LogP) is 3.39. The van der Waals surface area contributed by atoms with Crippen LogP contribution in [-0.2, 0) is 14.3 Å². The molecule has 0 saturated heterocycles. The van der Waals surface area contributed by atoms with Gasteiger partial charge in [0.25, 0.3) is 5.91 Å². The van der Waals surface area contributed by atoms with Crippen molar-refractivity contribution in [3.8, 4) is 11.5 Å². The minimum Gasteiger partial charge on any atom is -0.507 e. The molecule has 0 aliphatic rings. The van der Waals surface area contributed by atoms with Gasteiger partial charge in [0.05, 0.1) is 0 Å². The second-order valence-corrected chi connectivity index (χ2v) is 6.63. The van der Waals surface area contributed by atoms with Crippen LogP contribution >= 0.6 is 0 Å². The van der Waals surface area contributed by atoms with Gasteiger partial charge in [-0.2, -0.15) is 0 Å². The number of benzene rings is 3. The fraction of sp³-hybridized carbons (Fsp3) is 0.136. The van der Waals surface area contributed by atoms with E-state index in [1.807, 2.05) is 0 Å². The Balaban J connectivity index is 1.69. The van der Waals surface area contributed by atoms with Crippen molar-refractivity contribution >= 4 is 39.9 Å². The third-order valence-electron chi connectivity index (χ3n) is 4.34. The monoisotopic (exact) mass is 408 g/mol. The maximum Gasteiger partial charge on any atom is 0.342 e. The van der Waals surface area contributed by atoms with Crippen molar-refractivity contribution in [1.29, 1.82) is 0 Å². The Kier molecular flexibility index (Phi) is 5.87. The molecule has 154 valence electrons. The molecule has 0 unspecified atom stereocenters. The zero-order valence-electron chi connectivity index (χ0n) is 16.3. The summed E-state index contributed by atoms with van der Waals surface area (Å²) in [6, 6.07) is 14.0. The number of nitrogens with one attached hydrogen (secondary N) is 2. The van der Waals surface area contributed by atoms with E-state index in [-0.39, 0.29) is 23.0 Å². The Morgan fingerprint density at radius 2 is 1.47 bits per heavy atom. The molecule has 1 atom stereocenters. The van der Waals surface area contributed by atoms with E-state index >= 15 is 0 Å². The van der Waals surface area contributed by atoms with Crippen LogP contribution in [0, 0.1) is 0 Å². The van der Waals surface area contributed by atoms with Crippen molar-refractivity contribution in [2.24, 2.45) is 0 Å². The largest absolute Gasteiger partial charge is 0.507 e. The number of amides is 2. The molecule has 0 saturated carbocycles. The Bertz CT molecular complexity index is 1120. The summed E-state index contributed by atoms with van der Waals surface area (Å²) in [6.07, 6.45) is -1.17. The van der Waals surface area contributed by atoms with Gasteiger partial charge in [0.2, 0.25) is 5.91 Å². The Labute approximate surface area is 172 Å². The molecule has 8 heteroatoms. The van der Waals surface area contributed by atoms with Gasteiger partial charge >= 0.3 is 5.97 Å². The number of phenolic OH excluding ortho intramolecular Hbond substituents is 2. The molecule has 4 N–H and O–H groups in total. The quantitative estimate of drug-likeness (QED) is 0.379. The molecule has 3 aromatic rings. The second-order valence-electron chi connectivity index (χ2n) is 6.63. The zero-order valence-corrected chi connectivity index (χ0v) is 16.3. The molecular formula is C22H20N2O6. The summed E-state index contributed by atoms with van der Waals surface area (Å²) in [5.41, 5.74) is 0.778. The zero-order chi connectivity index (χ0) is 21.8. The van der Waals surface area contributed by atoms with Crippen LogP contribution in [0.4, 0.5) is 11.4 Å². The summed E-state index contributed by atoms with van der Waals surface area (Å²) in [4.78, 5) is 35.8. The number of hydrogen-bond donors (Lipinski definition) is 4. The van der Waals surface area contributed by atoms with Gasteiger partial charge < -0.3 is 25.6 Å². The van der Waals surface area contributed by atoms with Gasteiger partial charge in [-0.15, -0.1) is 0 Å². The molecular weight excluding hydrogens is 388 g/mol. The molecule has 0 aliphatic carbocycles. The number of carbonyl (C=O) groups is 3. The van der Waals surface area contributed by atoms with Gasteiger partial charge in [0.15, 0.2) is 6.10 Å². The molecule has 0 bridgehead atoms. The molecule has 3 rings (SSSR count). The summed E-state index contributed by atoms with van der Waals surface area (Å²) in [5.74, 6) is -2.27. The van der Waals surface area contributed by atoms with Gasteiger partial charge in [-0.25, -0.2) is 4.79 Å². The lowest BCUT2D eigenvalue weighted by Gasteiger charge is -2.15. The topological polar surface area (TPSA) is 125 Å². The number of fused-ring (bicyclic) bond motifs is 1. The van der Waals surface area contributed by atoms with E-state index in [9.17, 15) is 24.6 Å². The number of rotatable bonds is 5. The number of ether oxygens (including phenoxy) is 1. The van der Waals surface area contributed by atoms with Crippen molar-refractivity contribution in [2.45, 2.75) is 20.0 Å². The third-order valence-corrected chi connectivity index (χ3v) is 4.34. The van der Waals surface area contributed by atoms with Crippen LogP contribution in [0.15, 0.2) is 54.6 Å². The van der Waals surface area contributed by atoms with Crippen LogP contribution in [0.1, 0.15) is 24.2 Å². The first-order valence-corrected chi connectivity index (χ1v) is 9.09. The van der Waals surface area contributed by atoms with E-state index < -0.39 is 18.0 Å². The van der Waals surface area contributed by atoms with Gasteiger partial charge in [-0.3, -0.25) is 9.59 Å². The fourth-order valence-corrected chi connectivity index (χ4v) is 2.86. The first-order valence-electron chi connectivity index (χ1n) is 9.09. The van der Waals surface area contributed by atoms with E-state index in [2.05, 4.69) is 10.6 Å². The maximum atomic E-state index is 12.5. The van der Waals surface area contributed by atoms with E-state index in [1.54, 1.807) is 48.5 Å². The minimum atomic E-state index is -1.17. The van der Waals surface area contributed by atoms with Crippen LogP contribution < -0.4 is 10.6 Å². The summed E-state index contributed by atoms with van der Waals surface area (Å²) in [7, 11) is 0. The average molecular weight is 408 g/mol. The molecule has 30 heavy (non-hydrogen) atoms. The van der Waals surface area contributed by atoms with Crippen LogP contribution in [0.25, 0.3) is 10.8 Å². The minimum absolute atomic E-state index is 0.188. The Morgan fingerprint density at radius 1 is 0.900 bits per heavy atom. The van der Waals surface area contributed by atoms with Crippen molar-refractivity contribution in [3.05, 3.63) is 60.2 Å². The number of phenols is 2. The highest BCUT2D eigenvalue weighted by molar-refractivity contribution is 6.05. The number of carbonyl (C=O) groups excluding carboxylic acids is 3. The first kappa shape index (κ1) is 20.7. The average Bonchev–Trinajstić information content (AvgIpc) is 2.71. The summed E-state index contributed by atoms with van der Waals surface area (Å²) in [5, 5.41) is 26.4. The molecule has 8 nitrogen and oxygen atoms in total. The van der Waals surface area contributed by atoms with Crippen molar-refractivity contribution < 1.29 is 29.3 Å².